The van der Waals surface area contributed by atoms with Crippen LogP contribution in [0, 0.1) is 22.7 Å². The predicted octanol–water partition coefficient (Wildman–Crippen LogP) is 5.08. The summed E-state index contributed by atoms with van der Waals surface area (Å²) in [6.45, 7) is 6.68. The Bertz CT molecular complexity index is 750. The van der Waals surface area contributed by atoms with Crippen LogP contribution in [0.2, 0.25) is 0 Å². The highest BCUT2D eigenvalue weighted by Crippen LogP contribution is 2.75. The summed E-state index contributed by atoms with van der Waals surface area (Å²) in [5, 5.41) is 11.8. The van der Waals surface area contributed by atoms with Crippen molar-refractivity contribution >= 4 is 5.78 Å². The summed E-state index contributed by atoms with van der Waals surface area (Å²) in [6.07, 6.45) is 8.58. The highest BCUT2D eigenvalue weighted by atomic mass is 16.6. The van der Waals surface area contributed by atoms with Crippen molar-refractivity contribution in [1.29, 1.82) is 0 Å². The van der Waals surface area contributed by atoms with Gasteiger partial charge in [0.2, 0.25) is 0 Å². The second-order valence-corrected chi connectivity index (χ2v) is 9.37. The zero-order chi connectivity index (χ0) is 20.0. The minimum atomic E-state index is -1.41. The second-order valence-electron chi connectivity index (χ2n) is 9.37. The number of fused-ring (bicyclic) bond motifs is 2. The molecule has 3 nitrogen and oxygen atoms in total. The van der Waals surface area contributed by atoms with Crippen LogP contribution in [0.3, 0.4) is 0 Å². The number of Topliss-reactive ketones (excluding diaryl/α,β-unsaturated/α-hetero) is 1. The van der Waals surface area contributed by atoms with Crippen LogP contribution >= 0.6 is 0 Å². The normalized spacial score (nSPS) is 38.1. The predicted molar refractivity (Wildman–Crippen MR) is 111 cm³/mol. The zero-order valence-electron chi connectivity index (χ0n) is 17.4. The first-order chi connectivity index (χ1) is 13.4. The molecular formula is C25H34O3. The molecule has 0 amide bonds. The number of aliphatic hydroxyl groups is 1. The molecule has 1 N–H and O–H groups in total. The lowest BCUT2D eigenvalue weighted by atomic mass is 9.51. The minimum absolute atomic E-state index is 0.134. The van der Waals surface area contributed by atoms with Gasteiger partial charge in [0.25, 0.3) is 0 Å². The molecule has 3 saturated carbocycles. The number of carbonyl (C=O) groups is 1. The molecule has 3 heteroatoms. The molecule has 4 rings (SSSR count). The molecule has 0 radical (unpaired) electrons. The third-order valence-corrected chi connectivity index (χ3v) is 8.56. The van der Waals surface area contributed by atoms with Gasteiger partial charge in [0.05, 0.1) is 5.41 Å². The topological polar surface area (TPSA) is 46.5 Å². The lowest BCUT2D eigenvalue weighted by molar-refractivity contribution is -0.258. The third-order valence-electron chi connectivity index (χ3n) is 8.56. The average Bonchev–Trinajstić information content (AvgIpc) is 3.12. The Morgan fingerprint density at radius 2 is 1.86 bits per heavy atom. The molecule has 3 aliphatic carbocycles. The number of ether oxygens (including phenoxy) is 1. The van der Waals surface area contributed by atoms with E-state index in [1.165, 1.54) is 24.8 Å². The molecule has 0 aromatic heterocycles. The summed E-state index contributed by atoms with van der Waals surface area (Å²) in [7, 11) is 1.57. The van der Waals surface area contributed by atoms with Crippen LogP contribution in [-0.4, -0.2) is 23.8 Å². The van der Waals surface area contributed by atoms with Crippen LogP contribution in [0.1, 0.15) is 63.9 Å². The van der Waals surface area contributed by atoms with Crippen molar-refractivity contribution in [2.24, 2.45) is 22.7 Å². The molecule has 1 aromatic rings. The molecule has 1 aromatic carbocycles. The van der Waals surface area contributed by atoms with Gasteiger partial charge in [0.15, 0.2) is 5.79 Å². The first kappa shape index (κ1) is 19.8. The number of aryl methyl sites for hydroxylation is 1. The van der Waals surface area contributed by atoms with Crippen molar-refractivity contribution in [3.63, 3.8) is 0 Å². The van der Waals surface area contributed by atoms with E-state index in [2.05, 4.69) is 25.6 Å². The highest BCUT2D eigenvalue weighted by Gasteiger charge is 2.79. The Labute approximate surface area is 169 Å². The van der Waals surface area contributed by atoms with Gasteiger partial charge >= 0.3 is 0 Å². The summed E-state index contributed by atoms with van der Waals surface area (Å²) >= 11 is 0. The largest absolute Gasteiger partial charge is 0.364 e. The van der Waals surface area contributed by atoms with Crippen molar-refractivity contribution < 1.29 is 14.6 Å². The van der Waals surface area contributed by atoms with Crippen LogP contribution in [0.15, 0.2) is 42.5 Å². The number of carbonyl (C=O) groups excluding carboxylic acids is 1. The van der Waals surface area contributed by atoms with Gasteiger partial charge < -0.3 is 9.84 Å². The second kappa shape index (κ2) is 7.11. The van der Waals surface area contributed by atoms with Gasteiger partial charge in [0.1, 0.15) is 5.78 Å². The van der Waals surface area contributed by atoms with Gasteiger partial charge in [-0.15, -0.1) is 0 Å². The van der Waals surface area contributed by atoms with Crippen LogP contribution in [0.25, 0.3) is 0 Å². The maximum atomic E-state index is 13.9. The van der Waals surface area contributed by atoms with Gasteiger partial charge in [-0.05, 0) is 43.6 Å². The fourth-order valence-corrected chi connectivity index (χ4v) is 7.06. The van der Waals surface area contributed by atoms with Crippen molar-refractivity contribution in [3.8, 4) is 0 Å². The van der Waals surface area contributed by atoms with Crippen molar-refractivity contribution in [1.82, 2.24) is 0 Å². The van der Waals surface area contributed by atoms with Crippen molar-refractivity contribution in [3.05, 3.63) is 48.0 Å². The summed E-state index contributed by atoms with van der Waals surface area (Å²) < 4.78 is 5.79. The minimum Gasteiger partial charge on any atom is -0.364 e. The summed E-state index contributed by atoms with van der Waals surface area (Å²) in [4.78, 5) is 13.9. The summed E-state index contributed by atoms with van der Waals surface area (Å²) in [6, 6.07) is 10.2. The Morgan fingerprint density at radius 1 is 1.18 bits per heavy atom. The van der Waals surface area contributed by atoms with Gasteiger partial charge in [0, 0.05) is 24.9 Å². The van der Waals surface area contributed by atoms with Crippen LogP contribution in [0.5, 0.6) is 0 Å². The molecule has 3 aliphatic rings. The zero-order valence-corrected chi connectivity index (χ0v) is 17.4. The molecule has 152 valence electrons. The molecule has 0 heterocycles. The monoisotopic (exact) mass is 382 g/mol. The molecule has 0 spiro atoms. The molecule has 28 heavy (non-hydrogen) atoms. The van der Waals surface area contributed by atoms with Crippen LogP contribution in [0.4, 0.5) is 0 Å². The lowest BCUT2D eigenvalue weighted by Gasteiger charge is -2.52. The van der Waals surface area contributed by atoms with E-state index >= 15 is 0 Å². The Kier molecular flexibility index (Phi) is 5.04. The number of rotatable bonds is 6. The highest BCUT2D eigenvalue weighted by molar-refractivity contribution is 5.89. The average molecular weight is 383 g/mol. The molecular weight excluding hydrogens is 348 g/mol. The maximum Gasteiger partial charge on any atom is 0.185 e. The maximum absolute atomic E-state index is 13.9. The lowest BCUT2D eigenvalue weighted by Crippen LogP contribution is -2.58. The Hall–Kier alpha value is -1.45. The summed E-state index contributed by atoms with van der Waals surface area (Å²) in [5.41, 5.74) is 0.976. The molecule has 0 unspecified atom stereocenters. The SMILES string of the molecule is C=C1[C@@H]2CC[C@@](C(=O)CCc3ccccc3)([C@@]1(C)C1CCCCC1)[C@]2(O)OC. The van der Waals surface area contributed by atoms with Crippen LogP contribution < -0.4 is 0 Å². The van der Waals surface area contributed by atoms with Crippen LogP contribution in [-0.2, 0) is 16.0 Å². The standard InChI is InChI=1S/C25H34O3/c1-18-21-16-17-24(25(21,27)28-3,23(18,2)20-12-8-5-9-13-20)22(26)15-14-19-10-6-4-7-11-19/h4,6-7,10-11,20-21,27H,1,5,8-9,12-17H2,2-3H3/t21-,23+,24+,25+/m0/s1. The van der Waals surface area contributed by atoms with E-state index in [4.69, 9.17) is 4.74 Å². The van der Waals surface area contributed by atoms with Gasteiger partial charge in [-0.2, -0.15) is 0 Å². The first-order valence-electron chi connectivity index (χ1n) is 11.0. The quantitative estimate of drug-likeness (QED) is 0.551. The number of ketones is 1. The molecule has 0 saturated heterocycles. The fraction of sp³-hybridized carbons (Fsp3) is 0.640. The van der Waals surface area contributed by atoms with Gasteiger partial charge in [-0.25, -0.2) is 0 Å². The number of methoxy groups -OCH3 is 1. The Morgan fingerprint density at radius 3 is 2.50 bits per heavy atom. The van der Waals surface area contributed by atoms with Crippen molar-refractivity contribution in [2.45, 2.75) is 70.5 Å². The van der Waals surface area contributed by atoms with E-state index in [1.54, 1.807) is 7.11 Å². The van der Waals surface area contributed by atoms with Crippen molar-refractivity contribution in [2.75, 3.05) is 7.11 Å². The van der Waals surface area contributed by atoms with E-state index in [0.29, 0.717) is 25.2 Å². The van der Waals surface area contributed by atoms with E-state index in [9.17, 15) is 9.90 Å². The summed E-state index contributed by atoms with van der Waals surface area (Å²) in [5.74, 6) is -0.981. The number of benzene rings is 1. The molecule has 0 aliphatic heterocycles. The smallest absolute Gasteiger partial charge is 0.185 e. The van der Waals surface area contributed by atoms with E-state index in [-0.39, 0.29) is 17.1 Å². The number of hydrogen-bond donors (Lipinski definition) is 1. The van der Waals surface area contributed by atoms with E-state index < -0.39 is 11.2 Å². The first-order valence-corrected chi connectivity index (χ1v) is 11.0. The Balaban J connectivity index is 1.72. The van der Waals surface area contributed by atoms with E-state index in [0.717, 1.165) is 24.8 Å². The molecule has 2 bridgehead atoms. The number of hydrogen-bond acceptors (Lipinski definition) is 3. The van der Waals surface area contributed by atoms with E-state index in [1.807, 2.05) is 18.2 Å². The molecule has 3 fully saturated rings. The van der Waals surface area contributed by atoms with Gasteiger partial charge in [-0.1, -0.05) is 68.7 Å². The fourth-order valence-electron chi connectivity index (χ4n) is 7.06. The van der Waals surface area contributed by atoms with Gasteiger partial charge in [-0.3, -0.25) is 4.79 Å². The third kappa shape index (κ3) is 2.45. The molecule has 4 atom stereocenters.